The molecule has 0 bridgehead atoms. The molecule has 0 unspecified atom stereocenters. The molecule has 0 spiro atoms. The largest absolute Gasteiger partial charge is 0.293 e. The predicted molar refractivity (Wildman–Crippen MR) is 101 cm³/mol. The third kappa shape index (κ3) is 2.57. The Kier molecular flexibility index (Phi) is 4.29. The maximum atomic E-state index is 12.8. The van der Waals surface area contributed by atoms with Gasteiger partial charge >= 0.3 is 0 Å². The fraction of sp³-hybridized carbons (Fsp3) is 0.435. The topological polar surface area (TPSA) is 98.8 Å². The number of Topliss-reactive ketones (excluding diaryl/α,β-unsaturated/α-hetero) is 2. The summed E-state index contributed by atoms with van der Waals surface area (Å²) in [6.07, 6.45) is 5.74. The van der Waals surface area contributed by atoms with E-state index in [2.05, 4.69) is 11.8 Å². The van der Waals surface area contributed by atoms with Crippen LogP contribution in [0.2, 0.25) is 0 Å². The summed E-state index contributed by atoms with van der Waals surface area (Å²) in [5, 5.41) is 18.9. The van der Waals surface area contributed by atoms with Crippen molar-refractivity contribution in [3.05, 3.63) is 34.9 Å². The summed E-state index contributed by atoms with van der Waals surface area (Å²) in [6, 6.07) is 3.92. The maximum Gasteiger partial charge on any atom is 0.202 e. The Balaban J connectivity index is 2.33. The average Bonchev–Trinajstić information content (AvgIpc) is 2.63. The smallest absolute Gasteiger partial charge is 0.202 e. The number of fused-ring (bicyclic) bond motifs is 3. The van der Waals surface area contributed by atoms with Gasteiger partial charge in [0.15, 0.2) is 11.6 Å². The van der Waals surface area contributed by atoms with Crippen LogP contribution in [0.4, 0.5) is 0 Å². The first-order chi connectivity index (χ1) is 13.0. The zero-order valence-corrected chi connectivity index (χ0v) is 16.3. The van der Waals surface area contributed by atoms with Crippen LogP contribution in [-0.2, 0) is 14.4 Å². The van der Waals surface area contributed by atoms with E-state index in [1.165, 1.54) is 13.0 Å². The fourth-order valence-corrected chi connectivity index (χ4v) is 5.13. The van der Waals surface area contributed by atoms with Crippen molar-refractivity contribution in [3.8, 4) is 24.0 Å². The van der Waals surface area contributed by atoms with E-state index < -0.39 is 22.0 Å². The van der Waals surface area contributed by atoms with Crippen molar-refractivity contribution in [1.29, 1.82) is 10.5 Å². The number of hydrogen-bond donors (Lipinski definition) is 0. The lowest BCUT2D eigenvalue weighted by molar-refractivity contribution is -0.130. The van der Waals surface area contributed by atoms with Gasteiger partial charge in [-0.3, -0.25) is 14.4 Å². The molecule has 0 N–H and O–H groups in total. The molecule has 0 aromatic rings. The minimum absolute atomic E-state index is 0.000663. The van der Waals surface area contributed by atoms with Gasteiger partial charge in [0.05, 0.1) is 16.6 Å². The number of hydrogen-bond acceptors (Lipinski definition) is 5. The summed E-state index contributed by atoms with van der Waals surface area (Å²) >= 11 is 0. The molecule has 28 heavy (non-hydrogen) atoms. The third-order valence-corrected chi connectivity index (χ3v) is 6.39. The first kappa shape index (κ1) is 19.5. The highest BCUT2D eigenvalue weighted by Gasteiger charge is 2.59. The van der Waals surface area contributed by atoms with Gasteiger partial charge in [0, 0.05) is 17.8 Å². The number of carbonyl (C=O) groups is 3. The van der Waals surface area contributed by atoms with Crippen LogP contribution in [0.5, 0.6) is 0 Å². The standard InChI is InChI=1S/C23H20N2O3/c1-14(26)5-7-23-8-6-18-21(2,3)20(28)16(13-25)10-22(18,4)19(23)9-17(27)15(11-23)12-24/h9-11,18H,6,8H2,1-4H3/t18-,22-,23+/m0/s1. The van der Waals surface area contributed by atoms with Crippen LogP contribution in [0.25, 0.3) is 0 Å². The summed E-state index contributed by atoms with van der Waals surface area (Å²) in [4.78, 5) is 36.8. The van der Waals surface area contributed by atoms with Gasteiger partial charge in [0.2, 0.25) is 5.78 Å². The molecule has 3 rings (SSSR count). The number of allylic oxidation sites excluding steroid dienone is 6. The zero-order valence-electron chi connectivity index (χ0n) is 16.3. The summed E-state index contributed by atoms with van der Waals surface area (Å²) in [7, 11) is 0. The van der Waals surface area contributed by atoms with E-state index in [0.29, 0.717) is 18.4 Å². The Labute approximate surface area is 164 Å². The first-order valence-electron chi connectivity index (χ1n) is 9.13. The lowest BCUT2D eigenvalue weighted by atomic mass is 9.45. The van der Waals surface area contributed by atoms with Gasteiger partial charge in [-0.05, 0) is 42.4 Å². The van der Waals surface area contributed by atoms with Crippen molar-refractivity contribution in [1.82, 2.24) is 0 Å². The Morgan fingerprint density at radius 2 is 1.75 bits per heavy atom. The van der Waals surface area contributed by atoms with Crippen molar-refractivity contribution in [2.75, 3.05) is 0 Å². The second-order valence-corrected chi connectivity index (χ2v) is 8.46. The Morgan fingerprint density at radius 3 is 2.32 bits per heavy atom. The molecule has 0 saturated heterocycles. The number of rotatable bonds is 0. The second kappa shape index (κ2) is 6.15. The van der Waals surface area contributed by atoms with Crippen LogP contribution in [0, 0.1) is 56.7 Å². The van der Waals surface area contributed by atoms with Crippen molar-refractivity contribution in [3.63, 3.8) is 0 Å². The van der Waals surface area contributed by atoms with Gasteiger partial charge < -0.3 is 0 Å². The molecule has 0 amide bonds. The lowest BCUT2D eigenvalue weighted by Gasteiger charge is -2.56. The van der Waals surface area contributed by atoms with E-state index in [1.54, 1.807) is 12.2 Å². The number of nitriles is 2. The van der Waals surface area contributed by atoms with E-state index >= 15 is 0 Å². The molecular formula is C23H20N2O3. The molecular weight excluding hydrogens is 352 g/mol. The fourth-order valence-electron chi connectivity index (χ4n) is 5.13. The van der Waals surface area contributed by atoms with E-state index in [4.69, 9.17) is 0 Å². The monoisotopic (exact) mass is 372 g/mol. The van der Waals surface area contributed by atoms with Crippen LogP contribution < -0.4 is 0 Å². The second-order valence-electron chi connectivity index (χ2n) is 8.46. The number of nitrogens with zero attached hydrogens (tertiary/aromatic N) is 2. The molecule has 3 aliphatic carbocycles. The van der Waals surface area contributed by atoms with Crippen LogP contribution >= 0.6 is 0 Å². The minimum atomic E-state index is -0.941. The lowest BCUT2D eigenvalue weighted by Crippen LogP contribution is -2.53. The van der Waals surface area contributed by atoms with Crippen molar-refractivity contribution in [2.24, 2.45) is 22.2 Å². The Hall–Kier alpha value is -3.23. The van der Waals surface area contributed by atoms with Gasteiger partial charge in [-0.15, -0.1) is 0 Å². The van der Waals surface area contributed by atoms with Gasteiger partial charge in [-0.1, -0.05) is 32.8 Å². The number of carbonyl (C=O) groups excluding carboxylic acids is 3. The van der Waals surface area contributed by atoms with E-state index in [9.17, 15) is 24.9 Å². The third-order valence-electron chi connectivity index (χ3n) is 6.39. The Bertz CT molecular complexity index is 1060. The molecule has 0 heterocycles. The quantitative estimate of drug-likeness (QED) is 0.481. The van der Waals surface area contributed by atoms with Crippen LogP contribution in [0.15, 0.2) is 34.9 Å². The molecule has 0 aliphatic heterocycles. The minimum Gasteiger partial charge on any atom is -0.293 e. The van der Waals surface area contributed by atoms with Gasteiger partial charge in [0.25, 0.3) is 0 Å². The van der Waals surface area contributed by atoms with Crippen LogP contribution in [0.3, 0.4) is 0 Å². The summed E-state index contributed by atoms with van der Waals surface area (Å²) in [5.41, 5.74) is -1.76. The van der Waals surface area contributed by atoms with Crippen molar-refractivity contribution >= 4 is 17.3 Å². The average molecular weight is 372 g/mol. The zero-order chi connectivity index (χ0) is 20.9. The van der Waals surface area contributed by atoms with Gasteiger partial charge in [-0.2, -0.15) is 10.5 Å². The molecule has 1 saturated carbocycles. The van der Waals surface area contributed by atoms with Crippen molar-refractivity contribution < 1.29 is 14.4 Å². The van der Waals surface area contributed by atoms with Crippen LogP contribution in [0.1, 0.15) is 40.5 Å². The molecule has 5 nitrogen and oxygen atoms in total. The first-order valence-corrected chi connectivity index (χ1v) is 9.13. The van der Waals surface area contributed by atoms with E-state index in [-0.39, 0.29) is 28.6 Å². The summed E-state index contributed by atoms with van der Waals surface area (Å²) in [6.45, 7) is 6.94. The molecule has 5 heteroatoms. The maximum absolute atomic E-state index is 12.8. The highest BCUT2D eigenvalue weighted by molar-refractivity contribution is 6.10. The van der Waals surface area contributed by atoms with Gasteiger partial charge in [0.1, 0.15) is 12.1 Å². The number of ketones is 3. The normalized spacial score (nSPS) is 32.8. The summed E-state index contributed by atoms with van der Waals surface area (Å²) in [5.74, 6) is 4.54. The van der Waals surface area contributed by atoms with E-state index in [0.717, 1.165) is 0 Å². The summed E-state index contributed by atoms with van der Waals surface area (Å²) < 4.78 is 0. The molecule has 3 aliphatic rings. The molecule has 0 aromatic heterocycles. The Morgan fingerprint density at radius 1 is 1.11 bits per heavy atom. The molecule has 3 atom stereocenters. The molecule has 0 aromatic carbocycles. The van der Waals surface area contributed by atoms with Gasteiger partial charge in [-0.25, -0.2) is 0 Å². The van der Waals surface area contributed by atoms with E-state index in [1.807, 2.05) is 32.9 Å². The predicted octanol–water partition coefficient (Wildman–Crippen LogP) is 3.00. The van der Waals surface area contributed by atoms with Crippen molar-refractivity contribution in [2.45, 2.75) is 40.5 Å². The van der Waals surface area contributed by atoms with Crippen LogP contribution in [-0.4, -0.2) is 17.3 Å². The molecule has 1 fully saturated rings. The molecule has 0 radical (unpaired) electrons. The SMILES string of the molecule is CC(=O)C#C[C@@]12C=C(C#N)C(=O)C=C1[C@@]1(C)C=C(C#N)C(=O)C(C)(C)[C@@H]1CC2. The highest BCUT2D eigenvalue weighted by atomic mass is 16.1. The highest BCUT2D eigenvalue weighted by Crippen LogP contribution is 2.63. The molecule has 140 valence electrons.